The highest BCUT2D eigenvalue weighted by Crippen LogP contribution is 2.35. The summed E-state index contributed by atoms with van der Waals surface area (Å²) in [6.45, 7) is 25.6. The Morgan fingerprint density at radius 1 is 0.279 bits per heavy atom. The average molecular weight is 2100 g/mol. The van der Waals surface area contributed by atoms with Gasteiger partial charge in [0.15, 0.2) is 69.5 Å². The predicted octanol–water partition coefficient (Wildman–Crippen LogP) is 30.2. The van der Waals surface area contributed by atoms with E-state index in [0.29, 0.717) is 99.4 Å². The van der Waals surface area contributed by atoms with E-state index in [-0.39, 0.29) is 97.5 Å². The Morgan fingerprint density at radius 3 is 0.721 bits per heavy atom. The fraction of sp³-hybridized carbons (Fsp3) is 0.494. The molecule has 0 bridgehead atoms. The second-order valence-corrected chi connectivity index (χ2v) is 33.4. The lowest BCUT2D eigenvalue weighted by atomic mass is 10.1. The molecule has 0 fully saturated rings. The minimum Gasteiger partial charge on any atom is -0.490 e. The highest BCUT2D eigenvalue weighted by atomic mass is 79.9. The number of benzene rings is 5. The Morgan fingerprint density at radius 2 is 0.481 bits per heavy atom. The van der Waals surface area contributed by atoms with E-state index >= 15 is 0 Å². The highest BCUT2D eigenvalue weighted by molar-refractivity contribution is 9.10. The van der Waals surface area contributed by atoms with E-state index in [9.17, 15) is 39.5 Å². The lowest BCUT2D eigenvalue weighted by Gasteiger charge is -2.14. The molecule has 5 aromatic rings. The van der Waals surface area contributed by atoms with Crippen LogP contribution in [-0.4, -0.2) is 135 Å². The SMILES string of the molecule is CC(C)=NOCCCCCOc1c(C)cc(OCC=C(Cl)Cl)cc1F.CC(C)=NOCCCCCOc1c(F)cc(OCC=C(Cl)Cl)cc1Br.CC(C)=NOCCCCCOc1c(F)cc(OCC=C(Cl)Cl)cc1F.CC(C)=NOCCCCCOc1c(F)cc(OCC=C(Cl)Cl)cc1F.CCc1cc(OCC=C(Cl)Cl)cc(F)c1OCCCCCON=C(C)C.FCF. The third-order valence-corrected chi connectivity index (χ3v) is 17.0. The van der Waals surface area contributed by atoms with Crippen LogP contribution in [0.15, 0.2) is 144 Å². The summed E-state index contributed by atoms with van der Waals surface area (Å²) in [4.78, 5) is 25.4. The maximum Gasteiger partial charge on any atom is 0.229 e. The van der Waals surface area contributed by atoms with Crippen molar-refractivity contribution in [3.8, 4) is 57.5 Å². The number of oxime groups is 5. The van der Waals surface area contributed by atoms with Gasteiger partial charge in [0.1, 0.15) is 117 Å². The van der Waals surface area contributed by atoms with E-state index in [1.807, 2.05) is 76.2 Å². The standard InChI is InChI=1S/C19H26Cl2FNO3.C18H24Cl2FNO3.C17H21BrCl2FNO3.2C17H21Cl2F2NO3.CH2F2/c1-4-15-12-16(24-11-8-18(20)21)13-17(22)19(15)25-9-6-5-7-10-26-23-14(2)3;1-13(2)22-25-9-6-4-5-8-24-18-14(3)11-15(12-16(18)21)23-10-7-17(19)20;1-12(2)22-25-8-5-3-4-7-24-17-14(18)10-13(11-15(17)21)23-9-6-16(19)20;2*1-12(2)22-25-8-5-3-4-7-24-17-14(20)10-13(11-15(17)21)23-9-6-16(18)19;2-1-3/h8,12-13H,4-7,9-11H2,1-3H3;7,11-12H,4-6,8-10H2,1-3H3;3*6,10-11H,3-5,7-9H2,1-2H3;1H2. The van der Waals surface area contributed by atoms with Crippen LogP contribution in [0.25, 0.3) is 0 Å². The van der Waals surface area contributed by atoms with Crippen molar-refractivity contribution in [2.45, 2.75) is 186 Å². The molecule has 0 radical (unpaired) electrons. The van der Waals surface area contributed by atoms with Crippen LogP contribution in [0.2, 0.25) is 0 Å². The van der Waals surface area contributed by atoms with Crippen molar-refractivity contribution in [1.82, 2.24) is 0 Å². The lowest BCUT2D eigenvalue weighted by molar-refractivity contribution is 0.137. The molecule has 0 aliphatic heterocycles. The molecule has 0 heterocycles. The molecular formula is C89H115BrCl10F9N5O15. The number of aryl methyl sites for hydroxylation is 2. The third kappa shape index (κ3) is 66.8. The van der Waals surface area contributed by atoms with Crippen molar-refractivity contribution in [3.63, 3.8) is 0 Å². The molecule has 0 saturated heterocycles. The predicted molar refractivity (Wildman–Crippen MR) is 508 cm³/mol. The van der Waals surface area contributed by atoms with Gasteiger partial charge in [-0.1, -0.05) is 149 Å². The lowest BCUT2D eigenvalue weighted by Crippen LogP contribution is -2.04. The number of halogens is 20. The molecule has 0 N–H and O–H groups in total. The van der Waals surface area contributed by atoms with Crippen molar-refractivity contribution in [3.05, 3.63) is 170 Å². The van der Waals surface area contributed by atoms with Gasteiger partial charge in [0.2, 0.25) is 6.93 Å². The molecule has 0 aliphatic rings. The van der Waals surface area contributed by atoms with Gasteiger partial charge in [-0.25, -0.2) is 39.5 Å². The summed E-state index contributed by atoms with van der Waals surface area (Å²) < 4.78 is 172. The van der Waals surface area contributed by atoms with Crippen LogP contribution in [0, 0.1) is 47.6 Å². The van der Waals surface area contributed by atoms with Crippen LogP contribution in [0.1, 0.15) is 184 Å². The number of unbranched alkanes of at least 4 members (excludes halogenated alkanes) is 10. The van der Waals surface area contributed by atoms with Gasteiger partial charge in [0.25, 0.3) is 0 Å². The van der Waals surface area contributed by atoms with Gasteiger partial charge in [-0.15, -0.1) is 0 Å². The molecule has 5 rings (SSSR count). The maximum absolute atomic E-state index is 14.3. The number of rotatable bonds is 56. The molecule has 0 aliphatic carbocycles. The topological polar surface area (TPSA) is 200 Å². The molecule has 40 heteroatoms. The first-order chi connectivity index (χ1) is 61.4. The Kier molecular flexibility index (Phi) is 73.1. The summed E-state index contributed by atoms with van der Waals surface area (Å²) in [7, 11) is 0. The van der Waals surface area contributed by atoms with Gasteiger partial charge in [-0.05, 0) is 249 Å². The summed E-state index contributed by atoms with van der Waals surface area (Å²) in [5, 5.41) is 19.2. The van der Waals surface area contributed by atoms with E-state index in [1.165, 1.54) is 48.6 Å². The average Bonchev–Trinajstić information content (AvgIpc) is 0.631. The number of ether oxygens (including phenoxy) is 10. The Labute approximate surface area is 810 Å². The van der Waals surface area contributed by atoms with Crippen LogP contribution < -0.4 is 47.4 Å². The zero-order valence-corrected chi connectivity index (χ0v) is 83.4. The van der Waals surface area contributed by atoms with Crippen molar-refractivity contribution < 1.29 is 111 Å². The Balaban J connectivity index is 0.00000157. The van der Waals surface area contributed by atoms with Crippen molar-refractivity contribution in [2.75, 3.05) is 106 Å². The molecule has 0 saturated carbocycles. The van der Waals surface area contributed by atoms with E-state index in [4.69, 9.17) is 188 Å². The molecular weight excluding hydrogens is 1980 g/mol. The second kappa shape index (κ2) is 77.4. The van der Waals surface area contributed by atoms with E-state index in [2.05, 4.69) is 41.7 Å². The van der Waals surface area contributed by atoms with Gasteiger partial charge in [0, 0.05) is 48.0 Å². The van der Waals surface area contributed by atoms with Gasteiger partial charge >= 0.3 is 0 Å². The molecule has 129 heavy (non-hydrogen) atoms. The van der Waals surface area contributed by atoms with Crippen LogP contribution in [0.5, 0.6) is 57.5 Å². The first-order valence-electron chi connectivity index (χ1n) is 40.7. The number of hydrogen-bond donors (Lipinski definition) is 0. The molecule has 0 spiro atoms. The molecule has 0 aromatic heterocycles. The second-order valence-electron chi connectivity index (χ2n) is 27.5. The molecule has 20 nitrogen and oxygen atoms in total. The summed E-state index contributed by atoms with van der Waals surface area (Å²) in [6, 6.07) is 13.2. The molecule has 0 unspecified atom stereocenters. The summed E-state index contributed by atoms with van der Waals surface area (Å²) in [5.41, 5.74) is 5.81. The first kappa shape index (κ1) is 122. The van der Waals surface area contributed by atoms with Crippen LogP contribution in [-0.2, 0) is 30.6 Å². The smallest absolute Gasteiger partial charge is 0.229 e. The van der Waals surface area contributed by atoms with Crippen LogP contribution in [0.3, 0.4) is 0 Å². The normalized spacial score (nSPS) is 10.1. The molecule has 726 valence electrons. The number of hydrogen-bond acceptors (Lipinski definition) is 20. The van der Waals surface area contributed by atoms with Crippen molar-refractivity contribution in [2.24, 2.45) is 25.8 Å². The minimum absolute atomic E-state index is 0.00505. The Hall–Kier alpha value is -7.10. The zero-order chi connectivity index (χ0) is 96.7. The third-order valence-electron chi connectivity index (χ3n) is 14.9. The van der Waals surface area contributed by atoms with Crippen LogP contribution in [0.4, 0.5) is 39.5 Å². The van der Waals surface area contributed by atoms with E-state index < -0.39 is 59.1 Å². The van der Waals surface area contributed by atoms with Crippen molar-refractivity contribution >= 4 is 160 Å². The zero-order valence-electron chi connectivity index (χ0n) is 74.2. The van der Waals surface area contributed by atoms with Gasteiger partial charge < -0.3 is 71.6 Å². The summed E-state index contributed by atoms with van der Waals surface area (Å²) in [6.07, 6.45) is 20.1. The fourth-order valence-electron chi connectivity index (χ4n) is 9.35. The van der Waals surface area contributed by atoms with Gasteiger partial charge in [0.05, 0.1) is 66.1 Å². The molecule has 0 amide bonds. The Bertz CT molecular complexity index is 3760. The highest BCUT2D eigenvalue weighted by Gasteiger charge is 2.19. The molecule has 0 atom stereocenters. The quantitative estimate of drug-likeness (QED) is 0.0154. The maximum atomic E-state index is 14.3. The summed E-state index contributed by atoms with van der Waals surface area (Å²) >= 11 is 58.0. The van der Waals surface area contributed by atoms with Crippen LogP contribution >= 0.6 is 132 Å². The van der Waals surface area contributed by atoms with Crippen molar-refractivity contribution in [1.29, 1.82) is 0 Å². The fourth-order valence-corrected chi connectivity index (χ4v) is 10.5. The largest absolute Gasteiger partial charge is 0.490 e. The summed E-state index contributed by atoms with van der Waals surface area (Å²) in [5.74, 6) is -3.60. The molecule has 5 aromatic carbocycles. The monoisotopic (exact) mass is 2090 g/mol. The minimum atomic E-state index is -1.75. The number of alkyl halides is 2. The van der Waals surface area contributed by atoms with E-state index in [0.717, 1.165) is 142 Å². The van der Waals surface area contributed by atoms with Gasteiger partial charge in [-0.3, -0.25) is 0 Å². The van der Waals surface area contributed by atoms with Gasteiger partial charge in [-0.2, -0.15) is 0 Å². The van der Waals surface area contributed by atoms with E-state index in [1.54, 1.807) is 25.1 Å². The number of nitrogens with zero attached hydrogens (tertiary/aromatic N) is 5. The first-order valence-corrected chi connectivity index (χ1v) is 45.2.